The van der Waals surface area contributed by atoms with Gasteiger partial charge in [0.05, 0.1) is 14.0 Å². The minimum Gasteiger partial charge on any atom is -0.394 e. The van der Waals surface area contributed by atoms with Crippen molar-refractivity contribution in [2.75, 3.05) is 5.75 Å². The van der Waals surface area contributed by atoms with Crippen molar-refractivity contribution < 1.29 is 9.18 Å². The zero-order valence-corrected chi connectivity index (χ0v) is 18.8. The van der Waals surface area contributed by atoms with Gasteiger partial charge >= 0.3 is 0 Å². The molecule has 29 heavy (non-hydrogen) atoms. The molecule has 0 fully saturated rings. The Kier molecular flexibility index (Phi) is 6.34. The fourth-order valence-electron chi connectivity index (χ4n) is 3.01. The van der Waals surface area contributed by atoms with Gasteiger partial charge in [-0.2, -0.15) is 0 Å². The smallest absolute Gasteiger partial charge is 0.255 e. The SMILES string of the molecule is C=C(N)SCCC(C)(N)C1(I)C=C(NC(=O)c2ccc3[nH]nnc3c2)C=CC1F. The number of aromatic nitrogens is 3. The van der Waals surface area contributed by atoms with Gasteiger partial charge in [-0.1, -0.05) is 34.4 Å². The van der Waals surface area contributed by atoms with Crippen LogP contribution in [-0.2, 0) is 0 Å². The zero-order valence-electron chi connectivity index (χ0n) is 15.8. The number of nitrogens with two attached hydrogens (primary N) is 2. The van der Waals surface area contributed by atoms with Crippen molar-refractivity contribution in [1.82, 2.24) is 20.7 Å². The molecule has 1 aliphatic carbocycles. The summed E-state index contributed by atoms with van der Waals surface area (Å²) in [6.07, 6.45) is 3.89. The highest BCUT2D eigenvalue weighted by Gasteiger charge is 2.48. The van der Waals surface area contributed by atoms with Gasteiger partial charge in [-0.25, -0.2) is 4.39 Å². The van der Waals surface area contributed by atoms with Crippen molar-refractivity contribution in [1.29, 1.82) is 0 Å². The van der Waals surface area contributed by atoms with Gasteiger partial charge in [0.15, 0.2) is 0 Å². The minimum atomic E-state index is -1.30. The molecule has 10 heteroatoms. The Balaban J connectivity index is 1.78. The second-order valence-electron chi connectivity index (χ2n) is 7.11. The Morgan fingerprint density at radius 1 is 1.55 bits per heavy atom. The number of hydrogen-bond donors (Lipinski definition) is 4. The van der Waals surface area contributed by atoms with Crippen LogP contribution in [0.3, 0.4) is 0 Å². The number of hydrogen-bond acceptors (Lipinski definition) is 6. The van der Waals surface area contributed by atoms with E-state index in [-0.39, 0.29) is 5.91 Å². The van der Waals surface area contributed by atoms with Gasteiger partial charge in [0.2, 0.25) is 0 Å². The molecule has 1 amide bonds. The number of alkyl halides is 2. The number of H-pyrrole nitrogens is 1. The molecule has 0 aliphatic heterocycles. The Morgan fingerprint density at radius 3 is 3.03 bits per heavy atom. The van der Waals surface area contributed by atoms with E-state index in [9.17, 15) is 9.18 Å². The first-order valence-corrected chi connectivity index (χ1v) is 10.9. The molecule has 0 bridgehead atoms. The van der Waals surface area contributed by atoms with Gasteiger partial charge in [-0.05, 0) is 49.8 Å². The average molecular weight is 528 g/mol. The topological polar surface area (TPSA) is 123 Å². The zero-order chi connectivity index (χ0) is 21.2. The molecule has 0 saturated carbocycles. The molecule has 1 aromatic heterocycles. The lowest BCUT2D eigenvalue weighted by Crippen LogP contribution is -2.59. The number of fused-ring (bicyclic) bond motifs is 1. The molecule has 7 nitrogen and oxygen atoms in total. The van der Waals surface area contributed by atoms with Gasteiger partial charge in [0.1, 0.15) is 11.7 Å². The van der Waals surface area contributed by atoms with Crippen LogP contribution in [0.2, 0.25) is 0 Å². The van der Waals surface area contributed by atoms with E-state index in [1.165, 1.54) is 17.8 Å². The van der Waals surface area contributed by atoms with Crippen LogP contribution in [0.5, 0.6) is 0 Å². The molecular formula is C19H22FIN6OS. The average Bonchev–Trinajstić information content (AvgIpc) is 3.12. The van der Waals surface area contributed by atoms with Crippen LogP contribution in [0, 0.1) is 0 Å². The van der Waals surface area contributed by atoms with Gasteiger partial charge in [0, 0.05) is 22.6 Å². The quantitative estimate of drug-likeness (QED) is 0.324. The number of benzene rings is 1. The highest BCUT2D eigenvalue weighted by atomic mass is 127. The van der Waals surface area contributed by atoms with Crippen molar-refractivity contribution in [2.45, 2.75) is 28.5 Å². The molecule has 0 saturated heterocycles. The van der Waals surface area contributed by atoms with E-state index in [4.69, 9.17) is 11.5 Å². The summed E-state index contributed by atoms with van der Waals surface area (Å²) >= 11 is 3.43. The van der Waals surface area contributed by atoms with Crippen molar-refractivity contribution in [3.8, 4) is 0 Å². The van der Waals surface area contributed by atoms with Crippen molar-refractivity contribution >= 4 is 51.3 Å². The van der Waals surface area contributed by atoms with E-state index in [0.29, 0.717) is 34.0 Å². The maximum absolute atomic E-state index is 14.9. The van der Waals surface area contributed by atoms with E-state index in [1.54, 1.807) is 37.3 Å². The molecule has 1 aliphatic rings. The number of rotatable bonds is 7. The Bertz CT molecular complexity index is 1000. The molecule has 0 radical (unpaired) electrons. The summed E-state index contributed by atoms with van der Waals surface area (Å²) in [4.78, 5) is 12.7. The Hall–Kier alpha value is -1.92. The summed E-state index contributed by atoms with van der Waals surface area (Å²) in [6, 6.07) is 5.04. The lowest BCUT2D eigenvalue weighted by molar-refractivity contribution is 0.0966. The van der Waals surface area contributed by atoms with E-state index < -0.39 is 15.1 Å². The standard InChI is InChI=1S/C19H22FIN6OS/c1-11(22)29-8-7-18(2,23)19(21)10-13(4-6-16(19)20)24-17(28)12-3-5-14-15(9-12)26-27-25-14/h3-6,9-10,16H,1,7-8,22-23H2,2H3,(H,24,28)(H,25,26,27). The molecule has 1 heterocycles. The summed E-state index contributed by atoms with van der Waals surface area (Å²) < 4.78 is 13.9. The second kappa shape index (κ2) is 8.44. The maximum Gasteiger partial charge on any atom is 0.255 e. The third-order valence-corrected chi connectivity index (χ3v) is 7.76. The van der Waals surface area contributed by atoms with Crippen molar-refractivity contribution in [2.24, 2.45) is 11.5 Å². The number of carbonyl (C=O) groups excluding carboxylic acids is 1. The summed E-state index contributed by atoms with van der Waals surface area (Å²) in [5.41, 5.74) is 13.5. The number of aromatic amines is 1. The number of halogens is 2. The summed E-state index contributed by atoms with van der Waals surface area (Å²) in [7, 11) is 0. The Morgan fingerprint density at radius 2 is 2.31 bits per heavy atom. The second-order valence-corrected chi connectivity index (χ2v) is 10.1. The molecule has 154 valence electrons. The molecule has 6 N–H and O–H groups in total. The number of allylic oxidation sites excluding steroid dienone is 2. The molecule has 3 rings (SSSR count). The van der Waals surface area contributed by atoms with Crippen LogP contribution >= 0.6 is 34.4 Å². The van der Waals surface area contributed by atoms with E-state index in [0.717, 1.165) is 5.52 Å². The highest BCUT2D eigenvalue weighted by molar-refractivity contribution is 14.1. The monoisotopic (exact) mass is 528 g/mol. The normalized spacial score (nSPS) is 23.4. The largest absolute Gasteiger partial charge is 0.394 e. The van der Waals surface area contributed by atoms with Crippen LogP contribution in [0.25, 0.3) is 11.0 Å². The number of nitrogens with one attached hydrogen (secondary N) is 2. The highest BCUT2D eigenvalue weighted by Crippen LogP contribution is 2.43. The Labute approximate surface area is 185 Å². The third kappa shape index (κ3) is 4.64. The van der Waals surface area contributed by atoms with Gasteiger partial charge in [0.25, 0.3) is 5.91 Å². The first kappa shape index (κ1) is 21.8. The van der Waals surface area contributed by atoms with Crippen LogP contribution in [0.1, 0.15) is 23.7 Å². The number of nitrogens with zero attached hydrogens (tertiary/aromatic N) is 2. The fraction of sp³-hybridized carbons (Fsp3) is 0.316. The van der Waals surface area contributed by atoms with Crippen molar-refractivity contribution in [3.05, 3.63) is 59.3 Å². The van der Waals surface area contributed by atoms with Gasteiger partial charge in [-0.3, -0.25) is 9.89 Å². The van der Waals surface area contributed by atoms with Crippen LogP contribution in [0.15, 0.2) is 53.7 Å². The van der Waals surface area contributed by atoms with E-state index in [1.807, 2.05) is 22.6 Å². The molecular weight excluding hydrogens is 506 g/mol. The minimum absolute atomic E-state index is 0.324. The predicted octanol–water partition coefficient (Wildman–Crippen LogP) is 2.92. The first-order chi connectivity index (χ1) is 13.6. The lowest BCUT2D eigenvalue weighted by atomic mass is 9.78. The van der Waals surface area contributed by atoms with Crippen LogP contribution in [-0.4, -0.2) is 42.2 Å². The summed E-state index contributed by atoms with van der Waals surface area (Å²) in [5.74, 6) is 0.298. The molecule has 0 spiro atoms. The third-order valence-electron chi connectivity index (χ3n) is 4.84. The van der Waals surface area contributed by atoms with Gasteiger partial charge < -0.3 is 16.8 Å². The molecule has 2 aromatic rings. The van der Waals surface area contributed by atoms with E-state index >= 15 is 0 Å². The summed E-state index contributed by atoms with van der Waals surface area (Å²) in [6.45, 7) is 5.46. The molecule has 3 unspecified atom stereocenters. The van der Waals surface area contributed by atoms with Crippen LogP contribution < -0.4 is 16.8 Å². The lowest BCUT2D eigenvalue weighted by Gasteiger charge is -2.43. The van der Waals surface area contributed by atoms with E-state index in [2.05, 4.69) is 27.3 Å². The number of amides is 1. The number of thioether (sulfide) groups is 1. The summed E-state index contributed by atoms with van der Waals surface area (Å²) in [5, 5.41) is 13.7. The first-order valence-electron chi connectivity index (χ1n) is 8.85. The molecule has 3 atom stereocenters. The fourth-order valence-corrected chi connectivity index (χ4v) is 4.61. The number of carbonyl (C=O) groups is 1. The van der Waals surface area contributed by atoms with Crippen molar-refractivity contribution in [3.63, 3.8) is 0 Å². The van der Waals surface area contributed by atoms with Crippen LogP contribution in [0.4, 0.5) is 4.39 Å². The molecule has 1 aromatic carbocycles. The van der Waals surface area contributed by atoms with Gasteiger partial charge in [-0.15, -0.1) is 16.9 Å². The predicted molar refractivity (Wildman–Crippen MR) is 123 cm³/mol. The maximum atomic E-state index is 14.9.